The molecule has 2 unspecified atom stereocenters. The summed E-state index contributed by atoms with van der Waals surface area (Å²) in [5.74, 6) is 3.77. The summed E-state index contributed by atoms with van der Waals surface area (Å²) in [6, 6.07) is 0.857. The van der Waals surface area contributed by atoms with Crippen molar-refractivity contribution in [3.05, 3.63) is 0 Å². The third-order valence-corrected chi connectivity index (χ3v) is 3.75. The molecule has 2 fully saturated rings. The minimum Gasteiger partial charge on any atom is -0.313 e. The number of rotatable bonds is 0. The zero-order valence-corrected chi connectivity index (χ0v) is 7.12. The molecule has 2 aliphatic rings. The van der Waals surface area contributed by atoms with Gasteiger partial charge in [-0.15, -0.1) is 0 Å². The molecule has 2 heteroatoms. The quantitative estimate of drug-likeness (QED) is 0.572. The van der Waals surface area contributed by atoms with Crippen LogP contribution in [0.1, 0.15) is 19.3 Å². The fourth-order valence-corrected chi connectivity index (χ4v) is 3.02. The van der Waals surface area contributed by atoms with Crippen LogP contribution in [0.4, 0.5) is 0 Å². The molecule has 2 atom stereocenters. The van der Waals surface area contributed by atoms with Crippen LogP contribution in [-0.4, -0.2) is 24.1 Å². The second-order valence-electron chi connectivity index (χ2n) is 3.42. The van der Waals surface area contributed by atoms with Crippen LogP contribution in [0.5, 0.6) is 0 Å². The standard InChI is InChI=1S/C8H15NS/c1-2-7-4-8(9-5-7)6-10-3-1/h7-9H,1-6H2. The van der Waals surface area contributed by atoms with E-state index in [1.807, 2.05) is 0 Å². The fourth-order valence-electron chi connectivity index (χ4n) is 1.95. The molecule has 2 aliphatic heterocycles. The highest BCUT2D eigenvalue weighted by atomic mass is 32.2. The first kappa shape index (κ1) is 6.99. The lowest BCUT2D eigenvalue weighted by atomic mass is 10.0. The van der Waals surface area contributed by atoms with Gasteiger partial charge >= 0.3 is 0 Å². The maximum atomic E-state index is 3.58. The summed E-state index contributed by atoms with van der Waals surface area (Å²) in [7, 11) is 0. The Bertz CT molecular complexity index is 104. The lowest BCUT2D eigenvalue weighted by Gasteiger charge is -2.13. The molecule has 1 nitrogen and oxygen atoms in total. The van der Waals surface area contributed by atoms with E-state index in [-0.39, 0.29) is 0 Å². The Morgan fingerprint density at radius 1 is 1.40 bits per heavy atom. The van der Waals surface area contributed by atoms with Gasteiger partial charge in [-0.25, -0.2) is 0 Å². The van der Waals surface area contributed by atoms with Crippen LogP contribution in [0.2, 0.25) is 0 Å². The molecule has 0 saturated carbocycles. The van der Waals surface area contributed by atoms with Gasteiger partial charge in [0.1, 0.15) is 0 Å². The van der Waals surface area contributed by atoms with Gasteiger partial charge in [0.25, 0.3) is 0 Å². The van der Waals surface area contributed by atoms with Crippen molar-refractivity contribution in [1.82, 2.24) is 5.32 Å². The van der Waals surface area contributed by atoms with Crippen molar-refractivity contribution in [3.63, 3.8) is 0 Å². The molecule has 0 amide bonds. The van der Waals surface area contributed by atoms with E-state index < -0.39 is 0 Å². The van der Waals surface area contributed by atoms with Crippen molar-refractivity contribution in [1.29, 1.82) is 0 Å². The third-order valence-electron chi connectivity index (χ3n) is 2.53. The van der Waals surface area contributed by atoms with Gasteiger partial charge in [0.05, 0.1) is 0 Å². The highest BCUT2D eigenvalue weighted by Crippen LogP contribution is 2.25. The highest BCUT2D eigenvalue weighted by molar-refractivity contribution is 7.99. The largest absolute Gasteiger partial charge is 0.313 e. The number of fused-ring (bicyclic) bond motifs is 2. The zero-order chi connectivity index (χ0) is 6.81. The SMILES string of the molecule is C1CSCC2CC(C1)CN2. The molecule has 10 heavy (non-hydrogen) atoms. The lowest BCUT2D eigenvalue weighted by molar-refractivity contribution is 0.514. The Morgan fingerprint density at radius 3 is 3.40 bits per heavy atom. The van der Waals surface area contributed by atoms with Crippen LogP contribution in [-0.2, 0) is 0 Å². The number of hydrogen-bond donors (Lipinski definition) is 1. The van der Waals surface area contributed by atoms with E-state index in [0.717, 1.165) is 12.0 Å². The highest BCUT2D eigenvalue weighted by Gasteiger charge is 2.24. The fraction of sp³-hybridized carbons (Fsp3) is 1.00. The second-order valence-corrected chi connectivity index (χ2v) is 4.57. The van der Waals surface area contributed by atoms with Crippen molar-refractivity contribution in [2.45, 2.75) is 25.3 Å². The minimum atomic E-state index is 0.857. The molecule has 0 aliphatic carbocycles. The predicted molar refractivity (Wildman–Crippen MR) is 46.5 cm³/mol. The first-order valence-electron chi connectivity index (χ1n) is 4.26. The van der Waals surface area contributed by atoms with Gasteiger partial charge < -0.3 is 5.32 Å². The van der Waals surface area contributed by atoms with Crippen molar-refractivity contribution in [2.24, 2.45) is 5.92 Å². The molecule has 0 aromatic rings. The summed E-state index contributed by atoms with van der Waals surface area (Å²) in [5.41, 5.74) is 0. The summed E-state index contributed by atoms with van der Waals surface area (Å²) in [4.78, 5) is 0. The van der Waals surface area contributed by atoms with Crippen LogP contribution in [0, 0.1) is 5.92 Å². The van der Waals surface area contributed by atoms with Gasteiger partial charge in [-0.3, -0.25) is 0 Å². The van der Waals surface area contributed by atoms with Crippen LogP contribution in [0.3, 0.4) is 0 Å². The van der Waals surface area contributed by atoms with E-state index in [0.29, 0.717) is 0 Å². The first-order chi connectivity index (χ1) is 4.95. The van der Waals surface area contributed by atoms with E-state index >= 15 is 0 Å². The Labute approximate surface area is 67.0 Å². The van der Waals surface area contributed by atoms with Gasteiger partial charge in [0.2, 0.25) is 0 Å². The summed E-state index contributed by atoms with van der Waals surface area (Å²) >= 11 is 2.13. The van der Waals surface area contributed by atoms with Crippen LogP contribution in [0.15, 0.2) is 0 Å². The molecule has 0 aromatic heterocycles. The maximum absolute atomic E-state index is 3.58. The van der Waals surface area contributed by atoms with E-state index in [2.05, 4.69) is 17.1 Å². The van der Waals surface area contributed by atoms with Gasteiger partial charge in [0.15, 0.2) is 0 Å². The average molecular weight is 157 g/mol. The van der Waals surface area contributed by atoms with Crippen molar-refractivity contribution in [2.75, 3.05) is 18.1 Å². The van der Waals surface area contributed by atoms with Gasteiger partial charge in [-0.1, -0.05) is 0 Å². The first-order valence-corrected chi connectivity index (χ1v) is 5.42. The average Bonchev–Trinajstić information content (AvgIpc) is 2.30. The predicted octanol–water partition coefficient (Wildman–Crippen LogP) is 1.49. The normalized spacial score (nSPS) is 40.8. The molecule has 58 valence electrons. The Hall–Kier alpha value is 0.310. The van der Waals surface area contributed by atoms with E-state index in [1.165, 1.54) is 37.3 Å². The summed E-state index contributed by atoms with van der Waals surface area (Å²) in [5, 5.41) is 3.58. The van der Waals surface area contributed by atoms with Gasteiger partial charge in [0, 0.05) is 11.8 Å². The maximum Gasteiger partial charge on any atom is 0.0161 e. The number of nitrogens with one attached hydrogen (secondary N) is 1. The zero-order valence-electron chi connectivity index (χ0n) is 6.31. The minimum absolute atomic E-state index is 0.857. The molecule has 2 rings (SSSR count). The Kier molecular flexibility index (Phi) is 2.19. The molecular formula is C8H15NS. The smallest absolute Gasteiger partial charge is 0.0161 e. The number of hydrogen-bond acceptors (Lipinski definition) is 2. The van der Waals surface area contributed by atoms with Crippen molar-refractivity contribution in [3.8, 4) is 0 Å². The van der Waals surface area contributed by atoms with Gasteiger partial charge in [-0.2, -0.15) is 11.8 Å². The Morgan fingerprint density at radius 2 is 2.40 bits per heavy atom. The molecule has 2 saturated heterocycles. The molecule has 2 bridgehead atoms. The van der Waals surface area contributed by atoms with Crippen molar-refractivity contribution < 1.29 is 0 Å². The van der Waals surface area contributed by atoms with E-state index in [4.69, 9.17) is 0 Å². The Balaban J connectivity index is 1.91. The van der Waals surface area contributed by atoms with Crippen LogP contribution in [0.25, 0.3) is 0 Å². The summed E-state index contributed by atoms with van der Waals surface area (Å²) in [6.07, 6.45) is 4.37. The van der Waals surface area contributed by atoms with Gasteiger partial charge in [-0.05, 0) is 37.5 Å². The third kappa shape index (κ3) is 1.48. The lowest BCUT2D eigenvalue weighted by Crippen LogP contribution is -2.23. The van der Waals surface area contributed by atoms with Crippen LogP contribution >= 0.6 is 11.8 Å². The molecule has 0 spiro atoms. The monoisotopic (exact) mass is 157 g/mol. The summed E-state index contributed by atoms with van der Waals surface area (Å²) < 4.78 is 0. The summed E-state index contributed by atoms with van der Waals surface area (Å²) in [6.45, 7) is 1.30. The van der Waals surface area contributed by atoms with E-state index in [1.54, 1.807) is 0 Å². The molecule has 2 heterocycles. The second kappa shape index (κ2) is 3.14. The molecule has 0 radical (unpaired) electrons. The van der Waals surface area contributed by atoms with Crippen LogP contribution < -0.4 is 5.32 Å². The molecule has 0 aromatic carbocycles. The molecule has 1 N–H and O–H groups in total. The molecular weight excluding hydrogens is 142 g/mol. The topological polar surface area (TPSA) is 12.0 Å². The van der Waals surface area contributed by atoms with Crippen molar-refractivity contribution >= 4 is 11.8 Å². The van der Waals surface area contributed by atoms with E-state index in [9.17, 15) is 0 Å². The number of thioether (sulfide) groups is 1.